The van der Waals surface area contributed by atoms with E-state index in [0.29, 0.717) is 0 Å². The van der Waals surface area contributed by atoms with Gasteiger partial charge in [-0.25, -0.2) is 4.39 Å². The van der Waals surface area contributed by atoms with Crippen LogP contribution < -0.4 is 5.73 Å². The topological polar surface area (TPSA) is 32.5 Å². The molecule has 0 aromatic heterocycles. The van der Waals surface area contributed by atoms with E-state index in [-0.39, 0.29) is 11.9 Å². The Bertz CT molecular complexity index is 397. The molecule has 0 spiro atoms. The third-order valence-electron chi connectivity index (χ3n) is 4.34. The van der Waals surface area contributed by atoms with Crippen molar-refractivity contribution in [2.45, 2.75) is 31.3 Å². The van der Waals surface area contributed by atoms with Crippen molar-refractivity contribution in [3.8, 4) is 0 Å². The molecule has 1 unspecified atom stereocenters. The zero-order valence-corrected chi connectivity index (χ0v) is 12.6. The second-order valence-corrected chi connectivity index (χ2v) is 5.98. The minimum absolute atomic E-state index is 0.00201. The molecule has 4 heteroatoms. The molecule has 2 N–H and O–H groups in total. The fourth-order valence-corrected chi connectivity index (χ4v) is 2.86. The summed E-state index contributed by atoms with van der Waals surface area (Å²) in [7, 11) is 4.32. The molecule has 1 aliphatic heterocycles. The van der Waals surface area contributed by atoms with Crippen molar-refractivity contribution in [2.24, 2.45) is 5.73 Å². The van der Waals surface area contributed by atoms with Crippen LogP contribution in [-0.4, -0.2) is 49.6 Å². The van der Waals surface area contributed by atoms with Crippen molar-refractivity contribution in [3.63, 3.8) is 0 Å². The first-order chi connectivity index (χ1) is 9.56. The van der Waals surface area contributed by atoms with Gasteiger partial charge in [0.25, 0.3) is 0 Å². The summed E-state index contributed by atoms with van der Waals surface area (Å²) >= 11 is 0. The number of nitrogens with two attached hydrogens (primary N) is 1. The Kier molecular flexibility index (Phi) is 5.52. The summed E-state index contributed by atoms with van der Waals surface area (Å²) in [6.07, 6.45) is 3.40. The minimum Gasteiger partial charge on any atom is -0.324 e. The maximum atomic E-state index is 12.9. The highest BCUT2D eigenvalue weighted by molar-refractivity contribution is 5.19. The van der Waals surface area contributed by atoms with E-state index in [0.717, 1.165) is 37.7 Å². The molecule has 0 bridgehead atoms. The highest BCUT2D eigenvalue weighted by Crippen LogP contribution is 2.18. The van der Waals surface area contributed by atoms with Crippen LogP contribution in [0.1, 0.15) is 30.9 Å². The van der Waals surface area contributed by atoms with Crippen molar-refractivity contribution in [2.75, 3.05) is 33.7 Å². The quantitative estimate of drug-likeness (QED) is 0.897. The van der Waals surface area contributed by atoms with Crippen LogP contribution in [0.5, 0.6) is 0 Å². The van der Waals surface area contributed by atoms with Crippen LogP contribution in [0.3, 0.4) is 0 Å². The van der Waals surface area contributed by atoms with Crippen LogP contribution in [-0.2, 0) is 0 Å². The summed E-state index contributed by atoms with van der Waals surface area (Å²) < 4.78 is 12.9. The molecule has 1 heterocycles. The van der Waals surface area contributed by atoms with Gasteiger partial charge in [0.2, 0.25) is 0 Å². The molecule has 3 nitrogen and oxygen atoms in total. The van der Waals surface area contributed by atoms with Crippen molar-refractivity contribution < 1.29 is 4.39 Å². The standard InChI is InChI=1S/C16H26FN3/c1-19(2)15-7-10-20(11-8-15)12-9-16(18)13-3-5-14(17)6-4-13/h3-6,15-16H,7-12,18H2,1-2H3. The Morgan fingerprint density at radius 3 is 2.40 bits per heavy atom. The van der Waals surface area contributed by atoms with Crippen LogP contribution in [0.4, 0.5) is 4.39 Å². The fourth-order valence-electron chi connectivity index (χ4n) is 2.86. The SMILES string of the molecule is CN(C)C1CCN(CCC(N)c2ccc(F)cc2)CC1. The molecular weight excluding hydrogens is 253 g/mol. The van der Waals surface area contributed by atoms with Gasteiger partial charge in [-0.3, -0.25) is 0 Å². The maximum Gasteiger partial charge on any atom is 0.123 e. The summed E-state index contributed by atoms with van der Waals surface area (Å²) in [5, 5.41) is 0. The lowest BCUT2D eigenvalue weighted by Gasteiger charge is -2.35. The van der Waals surface area contributed by atoms with Crippen molar-refractivity contribution in [1.82, 2.24) is 9.80 Å². The molecule has 2 rings (SSSR count). The summed E-state index contributed by atoms with van der Waals surface area (Å²) in [6, 6.07) is 7.27. The lowest BCUT2D eigenvalue weighted by Crippen LogP contribution is -2.42. The zero-order valence-electron chi connectivity index (χ0n) is 12.6. The molecule has 1 saturated heterocycles. The van der Waals surface area contributed by atoms with Crippen LogP contribution in [0.15, 0.2) is 24.3 Å². The van der Waals surface area contributed by atoms with Crippen molar-refractivity contribution >= 4 is 0 Å². The number of nitrogens with zero attached hydrogens (tertiary/aromatic N) is 2. The third-order valence-corrected chi connectivity index (χ3v) is 4.34. The van der Waals surface area contributed by atoms with E-state index in [9.17, 15) is 4.39 Å². The number of hydrogen-bond donors (Lipinski definition) is 1. The van der Waals surface area contributed by atoms with Gasteiger partial charge in [0.05, 0.1) is 0 Å². The highest BCUT2D eigenvalue weighted by Gasteiger charge is 2.20. The van der Waals surface area contributed by atoms with Crippen molar-refractivity contribution in [1.29, 1.82) is 0 Å². The number of piperidine rings is 1. The smallest absolute Gasteiger partial charge is 0.123 e. The minimum atomic E-state index is -0.202. The Balaban J connectivity index is 1.74. The van der Waals surface area contributed by atoms with Crippen LogP contribution in [0.25, 0.3) is 0 Å². The molecule has 0 aliphatic carbocycles. The van der Waals surface area contributed by atoms with E-state index >= 15 is 0 Å². The molecule has 1 aliphatic rings. The summed E-state index contributed by atoms with van der Waals surface area (Å²) in [4.78, 5) is 4.81. The molecule has 1 aromatic carbocycles. The van der Waals surface area contributed by atoms with Gasteiger partial charge in [0.15, 0.2) is 0 Å². The van der Waals surface area contributed by atoms with Gasteiger partial charge in [-0.05, 0) is 70.7 Å². The van der Waals surface area contributed by atoms with Gasteiger partial charge < -0.3 is 15.5 Å². The number of halogens is 1. The Labute approximate surface area is 121 Å². The lowest BCUT2D eigenvalue weighted by atomic mass is 10.0. The van der Waals surface area contributed by atoms with E-state index < -0.39 is 0 Å². The van der Waals surface area contributed by atoms with Gasteiger partial charge in [0, 0.05) is 12.1 Å². The summed E-state index contributed by atoms with van der Waals surface area (Å²) in [6.45, 7) is 3.33. The Morgan fingerprint density at radius 2 is 1.85 bits per heavy atom. The Morgan fingerprint density at radius 1 is 1.25 bits per heavy atom. The third kappa shape index (κ3) is 4.27. The molecule has 0 amide bonds. The van der Waals surface area contributed by atoms with Crippen molar-refractivity contribution in [3.05, 3.63) is 35.6 Å². The van der Waals surface area contributed by atoms with E-state index in [1.165, 1.54) is 25.0 Å². The molecule has 1 fully saturated rings. The molecule has 112 valence electrons. The average Bonchev–Trinajstić information content (AvgIpc) is 2.46. The predicted molar refractivity (Wildman–Crippen MR) is 81.1 cm³/mol. The second kappa shape index (κ2) is 7.16. The number of rotatable bonds is 5. The first-order valence-corrected chi connectivity index (χ1v) is 7.46. The van der Waals surface area contributed by atoms with E-state index in [1.807, 2.05) is 0 Å². The molecule has 0 radical (unpaired) electrons. The van der Waals surface area contributed by atoms with Gasteiger partial charge in [-0.2, -0.15) is 0 Å². The normalized spacial score (nSPS) is 19.4. The van der Waals surface area contributed by atoms with Crippen LogP contribution in [0.2, 0.25) is 0 Å². The maximum absolute atomic E-state index is 12.9. The molecule has 0 saturated carbocycles. The zero-order chi connectivity index (χ0) is 14.5. The highest BCUT2D eigenvalue weighted by atomic mass is 19.1. The second-order valence-electron chi connectivity index (χ2n) is 5.98. The predicted octanol–water partition coefficient (Wildman–Crippen LogP) is 2.24. The number of hydrogen-bond acceptors (Lipinski definition) is 3. The summed E-state index contributed by atoms with van der Waals surface area (Å²) in [5.74, 6) is -0.202. The van der Waals surface area contributed by atoms with Gasteiger partial charge in [0.1, 0.15) is 5.82 Å². The van der Waals surface area contributed by atoms with Gasteiger partial charge >= 0.3 is 0 Å². The molecular formula is C16H26FN3. The Hall–Kier alpha value is -0.970. The molecule has 1 atom stereocenters. The monoisotopic (exact) mass is 279 g/mol. The average molecular weight is 279 g/mol. The molecule has 1 aromatic rings. The number of benzene rings is 1. The first kappa shape index (κ1) is 15.4. The van der Waals surface area contributed by atoms with E-state index in [1.54, 1.807) is 12.1 Å². The fraction of sp³-hybridized carbons (Fsp3) is 0.625. The largest absolute Gasteiger partial charge is 0.324 e. The first-order valence-electron chi connectivity index (χ1n) is 7.46. The van der Waals surface area contributed by atoms with E-state index in [2.05, 4.69) is 23.9 Å². The molecule has 20 heavy (non-hydrogen) atoms. The van der Waals surface area contributed by atoms with E-state index in [4.69, 9.17) is 5.73 Å². The van der Waals surface area contributed by atoms with Gasteiger partial charge in [-0.1, -0.05) is 12.1 Å². The lowest BCUT2D eigenvalue weighted by molar-refractivity contribution is 0.142. The number of likely N-dealkylation sites (tertiary alicyclic amines) is 1. The van der Waals surface area contributed by atoms with Crippen LogP contribution >= 0.6 is 0 Å². The summed E-state index contributed by atoms with van der Waals surface area (Å²) in [5.41, 5.74) is 7.20. The van der Waals surface area contributed by atoms with Crippen LogP contribution in [0, 0.1) is 5.82 Å². The van der Waals surface area contributed by atoms with Gasteiger partial charge in [-0.15, -0.1) is 0 Å².